The third-order valence-corrected chi connectivity index (χ3v) is 7.01. The van der Waals surface area contributed by atoms with E-state index in [-0.39, 0.29) is 53.0 Å². The Bertz CT molecular complexity index is 929. The molecule has 0 unspecified atom stereocenters. The summed E-state index contributed by atoms with van der Waals surface area (Å²) in [7, 11) is 0. The smallest absolute Gasteiger partial charge is 0.420 e. The van der Waals surface area contributed by atoms with E-state index in [1.165, 1.54) is 12.1 Å². The summed E-state index contributed by atoms with van der Waals surface area (Å²) in [5.41, 5.74) is -0.968. The number of morpholine rings is 1. The fraction of sp³-hybridized carbons (Fsp3) is 0.619. The lowest BCUT2D eigenvalue weighted by Crippen LogP contribution is -2.69. The molecule has 1 aliphatic carbocycles. The Morgan fingerprint density at radius 2 is 2.00 bits per heavy atom. The summed E-state index contributed by atoms with van der Waals surface area (Å²) in [6, 6.07) is 3.25. The molecule has 4 aliphatic rings. The number of urea groups is 1. The summed E-state index contributed by atoms with van der Waals surface area (Å²) in [4.78, 5) is 27.9. The molecule has 0 bridgehead atoms. The second-order valence-electron chi connectivity index (χ2n) is 9.18. The first-order valence-electron chi connectivity index (χ1n) is 10.6. The summed E-state index contributed by atoms with van der Waals surface area (Å²) >= 11 is 5.71. The van der Waals surface area contributed by atoms with E-state index in [1.807, 2.05) is 0 Å². The van der Waals surface area contributed by atoms with Crippen molar-refractivity contribution >= 4 is 23.5 Å². The molecule has 3 saturated heterocycles. The number of nitrogens with one attached hydrogen (secondary N) is 1. The highest BCUT2D eigenvalue weighted by Crippen LogP contribution is 2.51. The maximum atomic E-state index is 13.3. The van der Waals surface area contributed by atoms with Crippen LogP contribution < -0.4 is 10.1 Å². The van der Waals surface area contributed by atoms with E-state index in [0.717, 1.165) is 6.07 Å². The van der Waals surface area contributed by atoms with Crippen molar-refractivity contribution in [3.8, 4) is 5.75 Å². The third-order valence-electron chi connectivity index (χ3n) is 6.78. The Labute approximate surface area is 187 Å². The van der Waals surface area contributed by atoms with Crippen molar-refractivity contribution < 1.29 is 32.2 Å². The minimum atomic E-state index is -4.54. The van der Waals surface area contributed by atoms with Crippen LogP contribution in [0.5, 0.6) is 5.75 Å². The van der Waals surface area contributed by atoms with Crippen LogP contribution in [-0.4, -0.2) is 72.8 Å². The minimum absolute atomic E-state index is 0.00582. The van der Waals surface area contributed by atoms with Gasteiger partial charge in [-0.15, -0.1) is 0 Å². The van der Waals surface area contributed by atoms with E-state index in [0.29, 0.717) is 45.4 Å². The number of fused-ring (bicyclic) bond motifs is 1. The van der Waals surface area contributed by atoms with Gasteiger partial charge in [-0.25, -0.2) is 4.79 Å². The lowest BCUT2D eigenvalue weighted by molar-refractivity contribution is -0.142. The van der Waals surface area contributed by atoms with Gasteiger partial charge in [0.15, 0.2) is 0 Å². The number of carbonyl (C=O) groups is 2. The standard InChI is InChI=1S/C21H23ClF3N3O4/c22-12-1-2-16(14(5-12)21(23,24)25)32-13-6-20(7-13)10-28(11-20)19(30)27-4-3-17-15(8-27)26-18(29)9-31-17/h1-2,5,13,15,17H,3-4,6-11H2,(H,26,29)/t15-,17+/m1/s1. The first-order chi connectivity index (χ1) is 15.1. The van der Waals surface area contributed by atoms with Gasteiger partial charge in [0, 0.05) is 36.6 Å². The Hall–Kier alpha value is -2.20. The van der Waals surface area contributed by atoms with Gasteiger partial charge in [0.05, 0.1) is 17.7 Å². The highest BCUT2D eigenvalue weighted by atomic mass is 35.5. The van der Waals surface area contributed by atoms with Crippen LogP contribution in [0.1, 0.15) is 24.8 Å². The van der Waals surface area contributed by atoms with Crippen LogP contribution in [0, 0.1) is 5.41 Å². The van der Waals surface area contributed by atoms with Gasteiger partial charge in [0.2, 0.25) is 5.91 Å². The predicted octanol–water partition coefficient (Wildman–Crippen LogP) is 2.91. The van der Waals surface area contributed by atoms with Crippen LogP contribution >= 0.6 is 11.6 Å². The molecule has 0 radical (unpaired) electrons. The molecule has 32 heavy (non-hydrogen) atoms. The van der Waals surface area contributed by atoms with Crippen molar-refractivity contribution in [2.45, 2.75) is 43.7 Å². The van der Waals surface area contributed by atoms with Crippen LogP contribution in [0.3, 0.4) is 0 Å². The van der Waals surface area contributed by atoms with Crippen LogP contribution in [0.2, 0.25) is 5.02 Å². The van der Waals surface area contributed by atoms with E-state index in [9.17, 15) is 22.8 Å². The molecule has 3 heterocycles. The largest absolute Gasteiger partial charge is 0.490 e. The summed E-state index contributed by atoms with van der Waals surface area (Å²) in [5, 5.41) is 2.89. The van der Waals surface area contributed by atoms with Gasteiger partial charge in [0.1, 0.15) is 18.5 Å². The highest BCUT2D eigenvalue weighted by Gasteiger charge is 2.56. The fourth-order valence-corrected chi connectivity index (χ4v) is 5.40. The molecule has 2 atom stereocenters. The SMILES string of the molecule is O=C1CO[C@H]2CCN(C(=O)N3CC4(CC(Oc5ccc(Cl)cc5C(F)(F)F)C4)C3)C[C@H]2N1. The summed E-state index contributed by atoms with van der Waals surface area (Å²) in [6.45, 7) is 2.18. The topological polar surface area (TPSA) is 71.1 Å². The monoisotopic (exact) mass is 473 g/mol. The minimum Gasteiger partial charge on any atom is -0.490 e. The highest BCUT2D eigenvalue weighted by molar-refractivity contribution is 6.30. The Morgan fingerprint density at radius 1 is 1.25 bits per heavy atom. The number of carbonyl (C=O) groups excluding carboxylic acids is 2. The fourth-order valence-electron chi connectivity index (χ4n) is 5.23. The maximum absolute atomic E-state index is 13.3. The normalized spacial score (nSPS) is 27.3. The number of nitrogens with zero attached hydrogens (tertiary/aromatic N) is 2. The molecule has 3 aliphatic heterocycles. The number of likely N-dealkylation sites (tertiary alicyclic amines) is 2. The molecule has 3 amide bonds. The molecule has 1 spiro atoms. The second-order valence-corrected chi connectivity index (χ2v) is 9.62. The van der Waals surface area contributed by atoms with Crippen molar-refractivity contribution in [3.05, 3.63) is 28.8 Å². The second kappa shape index (κ2) is 7.69. The average molecular weight is 474 g/mol. The Balaban J connectivity index is 1.13. The number of amides is 3. The van der Waals surface area contributed by atoms with Gasteiger partial charge >= 0.3 is 12.2 Å². The summed E-state index contributed by atoms with van der Waals surface area (Å²) in [5.74, 6) is -0.382. The quantitative estimate of drug-likeness (QED) is 0.717. The number of alkyl halides is 3. The zero-order valence-electron chi connectivity index (χ0n) is 17.2. The van der Waals surface area contributed by atoms with Crippen LogP contribution in [0.25, 0.3) is 0 Å². The van der Waals surface area contributed by atoms with Crippen LogP contribution in [-0.2, 0) is 15.7 Å². The summed E-state index contributed by atoms with van der Waals surface area (Å²) in [6.07, 6.45) is -3.04. The van der Waals surface area contributed by atoms with Crippen molar-refractivity contribution in [1.82, 2.24) is 15.1 Å². The van der Waals surface area contributed by atoms with Crippen LogP contribution in [0.4, 0.5) is 18.0 Å². The molecule has 7 nitrogen and oxygen atoms in total. The number of hydrogen-bond donors (Lipinski definition) is 1. The van der Waals surface area contributed by atoms with E-state index >= 15 is 0 Å². The lowest BCUT2D eigenvalue weighted by Gasteiger charge is -2.59. The number of halogens is 4. The zero-order valence-corrected chi connectivity index (χ0v) is 17.9. The first kappa shape index (κ1) is 21.6. The van der Waals surface area contributed by atoms with Crippen molar-refractivity contribution in [3.63, 3.8) is 0 Å². The van der Waals surface area contributed by atoms with E-state index in [2.05, 4.69) is 5.32 Å². The summed E-state index contributed by atoms with van der Waals surface area (Å²) < 4.78 is 50.9. The van der Waals surface area contributed by atoms with E-state index in [4.69, 9.17) is 21.1 Å². The van der Waals surface area contributed by atoms with E-state index in [1.54, 1.807) is 9.80 Å². The predicted molar refractivity (Wildman–Crippen MR) is 107 cm³/mol. The molecular formula is C21H23ClF3N3O4. The number of ether oxygens (including phenoxy) is 2. The maximum Gasteiger partial charge on any atom is 0.420 e. The lowest BCUT2D eigenvalue weighted by atomic mass is 9.62. The number of rotatable bonds is 2. The van der Waals surface area contributed by atoms with Crippen molar-refractivity contribution in [2.75, 3.05) is 32.8 Å². The number of benzene rings is 1. The van der Waals surface area contributed by atoms with Gasteiger partial charge in [-0.05, 0) is 37.5 Å². The Morgan fingerprint density at radius 3 is 2.72 bits per heavy atom. The molecule has 1 aromatic carbocycles. The molecule has 1 N–H and O–H groups in total. The molecule has 174 valence electrons. The van der Waals surface area contributed by atoms with Gasteiger partial charge < -0.3 is 24.6 Å². The molecule has 11 heteroatoms. The van der Waals surface area contributed by atoms with Gasteiger partial charge in [-0.2, -0.15) is 13.2 Å². The third kappa shape index (κ3) is 3.98. The zero-order chi connectivity index (χ0) is 22.7. The molecule has 1 aromatic rings. The molecule has 5 rings (SSSR count). The van der Waals surface area contributed by atoms with Gasteiger partial charge in [-0.3, -0.25) is 4.79 Å². The average Bonchev–Trinajstić information content (AvgIpc) is 2.68. The van der Waals surface area contributed by atoms with Crippen molar-refractivity contribution in [2.24, 2.45) is 5.41 Å². The molecule has 1 saturated carbocycles. The van der Waals surface area contributed by atoms with Crippen LogP contribution in [0.15, 0.2) is 18.2 Å². The van der Waals surface area contributed by atoms with Gasteiger partial charge in [0.25, 0.3) is 0 Å². The number of hydrogen-bond acceptors (Lipinski definition) is 4. The molecule has 0 aromatic heterocycles. The van der Waals surface area contributed by atoms with Gasteiger partial charge in [-0.1, -0.05) is 11.6 Å². The molecular weight excluding hydrogens is 451 g/mol. The molecule has 4 fully saturated rings. The first-order valence-corrected chi connectivity index (χ1v) is 11.0. The van der Waals surface area contributed by atoms with Crippen molar-refractivity contribution in [1.29, 1.82) is 0 Å². The van der Waals surface area contributed by atoms with E-state index < -0.39 is 11.7 Å². The number of piperidine rings is 1. The Kier molecular flexibility index (Phi) is 5.20.